The lowest BCUT2D eigenvalue weighted by Gasteiger charge is -2.28. The van der Waals surface area contributed by atoms with Crippen LogP contribution in [-0.4, -0.2) is 31.8 Å². The van der Waals surface area contributed by atoms with Gasteiger partial charge in [0.05, 0.1) is 0 Å². The normalized spacial score (nSPS) is 25.2. The van der Waals surface area contributed by atoms with Gasteiger partial charge in [0, 0.05) is 47.4 Å². The molecule has 0 saturated heterocycles. The van der Waals surface area contributed by atoms with E-state index in [-0.39, 0.29) is 17.7 Å². The van der Waals surface area contributed by atoms with E-state index in [1.165, 1.54) is 19.3 Å². The first kappa shape index (κ1) is 20.6. The Morgan fingerprint density at radius 3 is 2.67 bits per heavy atom. The van der Waals surface area contributed by atoms with E-state index < -0.39 is 23.8 Å². The highest BCUT2D eigenvalue weighted by Gasteiger charge is 2.43. The van der Waals surface area contributed by atoms with Crippen LogP contribution in [0, 0.1) is 0 Å². The largest absolute Gasteiger partial charge is 0.481 e. The lowest BCUT2D eigenvalue weighted by molar-refractivity contribution is -0.114. The van der Waals surface area contributed by atoms with Crippen molar-refractivity contribution < 1.29 is 18.7 Å². The van der Waals surface area contributed by atoms with Gasteiger partial charge in [-0.15, -0.1) is 0 Å². The molecule has 1 aliphatic carbocycles. The summed E-state index contributed by atoms with van der Waals surface area (Å²) in [6.45, 7) is 0.212. The van der Waals surface area contributed by atoms with E-state index in [4.69, 9.17) is 32.5 Å². The van der Waals surface area contributed by atoms with Crippen LogP contribution in [0.3, 0.4) is 0 Å². The molecule has 1 aliphatic heterocycles. The van der Waals surface area contributed by atoms with Crippen LogP contribution < -0.4 is 16.2 Å². The molecular weight excluding hydrogens is 407 g/mol. The smallest absolute Gasteiger partial charge is 0.249 e. The monoisotopic (exact) mass is 428 g/mol. The Balaban J connectivity index is 1.91. The topological polar surface area (TPSA) is 87.6 Å². The van der Waals surface area contributed by atoms with Crippen LogP contribution in [0.1, 0.15) is 16.7 Å². The molecule has 0 saturated carbocycles. The predicted octanol–water partition coefficient (Wildman–Crippen LogP) is 3.29. The highest BCUT2D eigenvalue weighted by Crippen LogP contribution is 2.48. The summed E-state index contributed by atoms with van der Waals surface area (Å²) in [7, 11) is 1.41. The molecule has 0 fully saturated rings. The summed E-state index contributed by atoms with van der Waals surface area (Å²) < 4.78 is 27.0. The summed E-state index contributed by atoms with van der Waals surface area (Å²) in [6.07, 6.45) is 0.876. The van der Waals surface area contributed by atoms with Crippen molar-refractivity contribution in [2.45, 2.75) is 24.3 Å². The van der Waals surface area contributed by atoms with E-state index in [1.807, 2.05) is 30.3 Å². The number of carbonyl (C=O) groups is 1. The minimum absolute atomic E-state index is 0.0658. The Bertz CT molecular complexity index is 1050. The second kappa shape index (κ2) is 7.87. The minimum atomic E-state index is -1.61. The zero-order chi connectivity index (χ0) is 21.5. The summed E-state index contributed by atoms with van der Waals surface area (Å²) >= 11 is 6.55. The zero-order valence-corrected chi connectivity index (χ0v) is 17.2. The molecule has 0 aromatic heterocycles. The minimum Gasteiger partial charge on any atom is -0.481 e. The lowest BCUT2D eigenvalue weighted by Crippen LogP contribution is -2.39. The molecule has 4 N–H and O–H groups in total. The molecule has 3 atom stereocenters. The van der Waals surface area contributed by atoms with Crippen LogP contribution in [0.5, 0.6) is 5.75 Å². The highest BCUT2D eigenvalue weighted by atomic mass is 35.5. The van der Waals surface area contributed by atoms with E-state index in [2.05, 4.69) is 0 Å². The number of amides is 1. The van der Waals surface area contributed by atoms with Crippen LogP contribution in [0.25, 0.3) is 5.57 Å². The maximum Gasteiger partial charge on any atom is 0.249 e. The fraction of sp³-hybridized carbons (Fsp3) is 0.261. The van der Waals surface area contributed by atoms with Gasteiger partial charge in [0.15, 0.2) is 11.8 Å². The van der Waals surface area contributed by atoms with Crippen LogP contribution in [0.2, 0.25) is 5.02 Å². The predicted molar refractivity (Wildman–Crippen MR) is 114 cm³/mol. The lowest BCUT2D eigenvalue weighted by atomic mass is 9.82. The van der Waals surface area contributed by atoms with Gasteiger partial charge in [-0.25, -0.2) is 4.39 Å². The first-order valence-corrected chi connectivity index (χ1v) is 9.95. The van der Waals surface area contributed by atoms with E-state index in [9.17, 15) is 4.79 Å². The molecular formula is C23H22ClFN2O3. The average molecular weight is 429 g/mol. The molecule has 0 spiro atoms. The molecule has 156 valence electrons. The number of benzene rings is 2. The Morgan fingerprint density at radius 1 is 1.30 bits per heavy atom. The van der Waals surface area contributed by atoms with Gasteiger partial charge >= 0.3 is 0 Å². The van der Waals surface area contributed by atoms with Crippen LogP contribution >= 0.6 is 11.6 Å². The maximum absolute atomic E-state index is 15.5. The molecule has 2 aromatic carbocycles. The summed E-state index contributed by atoms with van der Waals surface area (Å²) in [6, 6.07) is 13.0. The van der Waals surface area contributed by atoms with E-state index >= 15 is 4.39 Å². The Kier molecular flexibility index (Phi) is 5.40. The number of rotatable bonds is 5. The summed E-state index contributed by atoms with van der Waals surface area (Å²) in [5.74, 6) is -0.185. The van der Waals surface area contributed by atoms with Gasteiger partial charge < -0.3 is 20.9 Å². The number of fused-ring (bicyclic) bond motifs is 1. The Labute approximate surface area is 179 Å². The molecule has 2 aliphatic rings. The second-order valence-corrected chi connectivity index (χ2v) is 7.80. The van der Waals surface area contributed by atoms with Crippen LogP contribution in [0.4, 0.5) is 4.39 Å². The molecule has 0 bridgehead atoms. The van der Waals surface area contributed by atoms with Gasteiger partial charge in [0.1, 0.15) is 11.9 Å². The third-order valence-corrected chi connectivity index (χ3v) is 6.05. The number of nitrogens with two attached hydrogens (primary N) is 2. The molecule has 1 amide bonds. The standard InChI is InChI=1S/C23H22ClFN2O3/c1-29-18-9-7-14(22(27)28)20(21(18)25)19-15-11-23(12-26,13-5-3-2-4-6-13)30-17(15)10-8-16(19)24/h2-10,18,21H,11-12,26H2,1H3,(H2,27,28)/t18?,21?,23-/m1/s1. The number of hydrogen-bond acceptors (Lipinski definition) is 4. The summed E-state index contributed by atoms with van der Waals surface area (Å²) in [5, 5.41) is 0.305. The summed E-state index contributed by atoms with van der Waals surface area (Å²) in [4.78, 5) is 12.1. The fourth-order valence-corrected chi connectivity index (χ4v) is 4.48. The number of halogens is 2. The van der Waals surface area contributed by atoms with Gasteiger partial charge in [-0.1, -0.05) is 54.1 Å². The second-order valence-electron chi connectivity index (χ2n) is 7.40. The van der Waals surface area contributed by atoms with Crippen molar-refractivity contribution in [1.29, 1.82) is 0 Å². The van der Waals surface area contributed by atoms with E-state index in [1.54, 1.807) is 12.1 Å². The quantitative estimate of drug-likeness (QED) is 0.765. The van der Waals surface area contributed by atoms with E-state index in [0.29, 0.717) is 28.3 Å². The number of hydrogen-bond donors (Lipinski definition) is 2. The van der Waals surface area contributed by atoms with Gasteiger partial charge in [-0.05, 0) is 17.7 Å². The SMILES string of the molecule is COC1C=CC(C(N)=O)=C(c2c(Cl)ccc3c2C[C@@](CN)(c2ccccc2)O3)C1F. The fourth-order valence-electron chi connectivity index (χ4n) is 4.21. The summed E-state index contributed by atoms with van der Waals surface area (Å²) in [5.41, 5.74) is 13.1. The number of methoxy groups -OCH3 is 1. The number of carbonyl (C=O) groups excluding carboxylic acids is 1. The molecule has 2 aromatic rings. The number of alkyl halides is 1. The van der Waals surface area contributed by atoms with E-state index in [0.717, 1.165) is 5.56 Å². The zero-order valence-electron chi connectivity index (χ0n) is 16.4. The molecule has 4 rings (SSSR count). The van der Waals surface area contributed by atoms with Crippen molar-refractivity contribution in [1.82, 2.24) is 0 Å². The molecule has 2 unspecified atom stereocenters. The number of primary amides is 1. The third kappa shape index (κ3) is 3.21. The number of ether oxygens (including phenoxy) is 2. The Morgan fingerprint density at radius 2 is 2.03 bits per heavy atom. The van der Waals surface area contributed by atoms with Crippen molar-refractivity contribution in [3.05, 3.63) is 81.9 Å². The van der Waals surface area contributed by atoms with Gasteiger partial charge in [0.25, 0.3) is 0 Å². The molecule has 7 heteroatoms. The Hall–Kier alpha value is -2.67. The van der Waals surface area contributed by atoms with Crippen molar-refractivity contribution in [2.24, 2.45) is 11.5 Å². The third-order valence-electron chi connectivity index (χ3n) is 5.73. The molecule has 30 heavy (non-hydrogen) atoms. The van der Waals surface area contributed by atoms with Crippen LogP contribution in [0.15, 0.2) is 60.2 Å². The van der Waals surface area contributed by atoms with Crippen LogP contribution in [-0.2, 0) is 21.6 Å². The van der Waals surface area contributed by atoms with Gasteiger partial charge in [-0.2, -0.15) is 0 Å². The van der Waals surface area contributed by atoms with Crippen molar-refractivity contribution in [3.8, 4) is 5.75 Å². The van der Waals surface area contributed by atoms with Gasteiger partial charge in [-0.3, -0.25) is 4.79 Å². The first-order valence-electron chi connectivity index (χ1n) is 9.57. The van der Waals surface area contributed by atoms with Crippen molar-refractivity contribution in [2.75, 3.05) is 13.7 Å². The van der Waals surface area contributed by atoms with Crippen molar-refractivity contribution >= 4 is 23.1 Å². The van der Waals surface area contributed by atoms with Crippen molar-refractivity contribution in [3.63, 3.8) is 0 Å². The van der Waals surface area contributed by atoms with Gasteiger partial charge in [0.2, 0.25) is 5.91 Å². The molecule has 1 heterocycles. The molecule has 0 radical (unpaired) electrons. The molecule has 5 nitrogen and oxygen atoms in total. The highest BCUT2D eigenvalue weighted by molar-refractivity contribution is 6.33. The first-order chi connectivity index (χ1) is 14.4. The maximum atomic E-state index is 15.5. The average Bonchev–Trinajstić information content (AvgIpc) is 3.15.